The average Bonchev–Trinajstić information content (AvgIpc) is 2.49. The monoisotopic (exact) mass is 286 g/mol. The van der Waals surface area contributed by atoms with Gasteiger partial charge in [-0.15, -0.1) is 0 Å². The molecule has 20 heavy (non-hydrogen) atoms. The van der Waals surface area contributed by atoms with Crippen LogP contribution >= 0.6 is 0 Å². The van der Waals surface area contributed by atoms with Gasteiger partial charge in [0.25, 0.3) is 0 Å². The summed E-state index contributed by atoms with van der Waals surface area (Å²) < 4.78 is 19.4. The molecule has 7 heteroatoms. The molecule has 6 nitrogen and oxygen atoms in total. The predicted molar refractivity (Wildman–Crippen MR) is 64.6 cm³/mol. The number of hydrogen-bond donors (Lipinski definition) is 4. The average molecular weight is 286 g/mol. The number of halogens is 1. The number of hydrogen-bond acceptors (Lipinski definition) is 6. The third-order valence-corrected chi connectivity index (χ3v) is 3.28. The summed E-state index contributed by atoms with van der Waals surface area (Å²) in [5, 5.41) is 37.8. The molecular formula is C13H15FO6. The normalized spacial score (nSPS) is 37.6. The van der Waals surface area contributed by atoms with Crippen LogP contribution in [0.3, 0.4) is 0 Å². The number of alkyl halides is 1. The SMILES string of the molecule is O=C(c1ccccc1)C1(F)O[C@H](CO)[C@H](O)[C@H](O)[C@H]1O. The third-order valence-electron chi connectivity index (χ3n) is 3.28. The van der Waals surface area contributed by atoms with E-state index in [0.29, 0.717) is 0 Å². The van der Waals surface area contributed by atoms with Crippen molar-refractivity contribution in [1.29, 1.82) is 0 Å². The highest BCUT2D eigenvalue weighted by Gasteiger charge is 2.58. The van der Waals surface area contributed by atoms with Crippen LogP contribution in [-0.4, -0.2) is 63.1 Å². The molecule has 1 aliphatic rings. The molecule has 4 N–H and O–H groups in total. The molecule has 0 radical (unpaired) electrons. The molecule has 110 valence electrons. The second-order valence-electron chi connectivity index (χ2n) is 4.61. The molecule has 5 atom stereocenters. The van der Waals surface area contributed by atoms with Gasteiger partial charge in [-0.25, -0.2) is 0 Å². The molecular weight excluding hydrogens is 271 g/mol. The van der Waals surface area contributed by atoms with E-state index in [2.05, 4.69) is 0 Å². The van der Waals surface area contributed by atoms with Crippen molar-refractivity contribution in [3.05, 3.63) is 35.9 Å². The minimum atomic E-state index is -3.23. The lowest BCUT2D eigenvalue weighted by molar-refractivity contribution is -0.295. The highest BCUT2D eigenvalue weighted by molar-refractivity contribution is 6.02. The molecule has 1 aliphatic heterocycles. The van der Waals surface area contributed by atoms with E-state index < -0.39 is 42.7 Å². The number of benzene rings is 1. The topological polar surface area (TPSA) is 107 Å². The molecule has 0 saturated carbocycles. The van der Waals surface area contributed by atoms with Crippen LogP contribution in [0.15, 0.2) is 30.3 Å². The van der Waals surface area contributed by atoms with Gasteiger partial charge in [0.05, 0.1) is 6.61 Å². The van der Waals surface area contributed by atoms with Crippen LogP contribution in [0, 0.1) is 0 Å². The molecule has 1 saturated heterocycles. The molecule has 0 aliphatic carbocycles. The Morgan fingerprint density at radius 2 is 1.80 bits per heavy atom. The van der Waals surface area contributed by atoms with Gasteiger partial charge in [0.1, 0.15) is 24.4 Å². The van der Waals surface area contributed by atoms with Crippen molar-refractivity contribution in [2.45, 2.75) is 30.3 Å². The van der Waals surface area contributed by atoms with Gasteiger partial charge >= 0.3 is 5.85 Å². The van der Waals surface area contributed by atoms with Gasteiger partial charge in [-0.3, -0.25) is 4.79 Å². The maximum atomic E-state index is 14.7. The summed E-state index contributed by atoms with van der Waals surface area (Å²) in [6.45, 7) is -0.807. The van der Waals surface area contributed by atoms with Gasteiger partial charge < -0.3 is 25.2 Å². The number of carbonyl (C=O) groups excluding carboxylic acids is 1. The molecule has 0 amide bonds. The van der Waals surface area contributed by atoms with Gasteiger partial charge in [0.2, 0.25) is 5.78 Å². The summed E-state index contributed by atoms with van der Waals surface area (Å²) in [7, 11) is 0. The summed E-state index contributed by atoms with van der Waals surface area (Å²) in [4.78, 5) is 12.1. The highest BCUT2D eigenvalue weighted by atomic mass is 19.2. The lowest BCUT2D eigenvalue weighted by Crippen LogP contribution is -2.66. The Hall–Kier alpha value is -1.38. The van der Waals surface area contributed by atoms with E-state index >= 15 is 0 Å². The quantitative estimate of drug-likeness (QED) is 0.531. The van der Waals surface area contributed by atoms with Crippen molar-refractivity contribution >= 4 is 5.78 Å². The van der Waals surface area contributed by atoms with E-state index in [9.17, 15) is 24.5 Å². The van der Waals surface area contributed by atoms with E-state index in [4.69, 9.17) is 9.84 Å². The molecule has 1 aromatic carbocycles. The number of carbonyl (C=O) groups is 1. The fraction of sp³-hybridized carbons (Fsp3) is 0.462. The van der Waals surface area contributed by atoms with Crippen molar-refractivity contribution in [3.63, 3.8) is 0 Å². The first kappa shape index (κ1) is 15.0. The van der Waals surface area contributed by atoms with Crippen LogP contribution in [0.25, 0.3) is 0 Å². The van der Waals surface area contributed by atoms with Gasteiger partial charge in [-0.05, 0) is 0 Å². The van der Waals surface area contributed by atoms with Crippen molar-refractivity contribution in [1.82, 2.24) is 0 Å². The maximum absolute atomic E-state index is 14.7. The summed E-state index contributed by atoms with van der Waals surface area (Å²) in [5.74, 6) is -4.41. The zero-order chi connectivity index (χ0) is 14.9. The van der Waals surface area contributed by atoms with Crippen molar-refractivity contribution in [2.75, 3.05) is 6.61 Å². The number of Topliss-reactive ketones (excluding diaryl/α,β-unsaturated/α-hetero) is 1. The largest absolute Gasteiger partial charge is 0.394 e. The van der Waals surface area contributed by atoms with Gasteiger partial charge in [0.15, 0.2) is 0 Å². The van der Waals surface area contributed by atoms with Gasteiger partial charge in [-0.2, -0.15) is 4.39 Å². The summed E-state index contributed by atoms with van der Waals surface area (Å²) in [6, 6.07) is 7.27. The minimum absolute atomic E-state index is 0.0608. The smallest absolute Gasteiger partial charge is 0.302 e. The van der Waals surface area contributed by atoms with E-state index in [1.165, 1.54) is 24.3 Å². The first-order valence-electron chi connectivity index (χ1n) is 6.03. The Kier molecular flexibility index (Phi) is 4.17. The lowest BCUT2D eigenvalue weighted by Gasteiger charge is -2.42. The Bertz CT molecular complexity index is 479. The van der Waals surface area contributed by atoms with E-state index in [-0.39, 0.29) is 5.56 Å². The minimum Gasteiger partial charge on any atom is -0.394 e. The second-order valence-corrected chi connectivity index (χ2v) is 4.61. The number of rotatable bonds is 3. The molecule has 2 rings (SSSR count). The molecule has 1 fully saturated rings. The number of aliphatic hydroxyl groups excluding tert-OH is 4. The maximum Gasteiger partial charge on any atom is 0.302 e. The van der Waals surface area contributed by atoms with Crippen LogP contribution < -0.4 is 0 Å². The first-order valence-corrected chi connectivity index (χ1v) is 6.03. The molecule has 1 heterocycles. The molecule has 1 unspecified atom stereocenters. The predicted octanol–water partition coefficient (Wildman–Crippen LogP) is -0.991. The Morgan fingerprint density at radius 3 is 2.35 bits per heavy atom. The van der Waals surface area contributed by atoms with Crippen LogP contribution in [-0.2, 0) is 4.74 Å². The van der Waals surface area contributed by atoms with Crippen LogP contribution in [0.4, 0.5) is 4.39 Å². The number of aliphatic hydroxyl groups is 4. The molecule has 0 aromatic heterocycles. The van der Waals surface area contributed by atoms with Crippen LogP contribution in [0.2, 0.25) is 0 Å². The van der Waals surface area contributed by atoms with E-state index in [0.717, 1.165) is 0 Å². The van der Waals surface area contributed by atoms with Crippen LogP contribution in [0.5, 0.6) is 0 Å². The number of ketones is 1. The third kappa shape index (κ3) is 2.34. The van der Waals surface area contributed by atoms with Crippen molar-refractivity contribution < 1.29 is 34.3 Å². The second kappa shape index (κ2) is 5.55. The lowest BCUT2D eigenvalue weighted by atomic mass is 9.89. The fourth-order valence-corrected chi connectivity index (χ4v) is 2.11. The van der Waals surface area contributed by atoms with E-state index in [1.54, 1.807) is 6.07 Å². The fourth-order valence-electron chi connectivity index (χ4n) is 2.11. The summed E-state index contributed by atoms with van der Waals surface area (Å²) >= 11 is 0. The zero-order valence-corrected chi connectivity index (χ0v) is 10.4. The molecule has 0 spiro atoms. The Balaban J connectivity index is 2.34. The van der Waals surface area contributed by atoms with Gasteiger partial charge in [0, 0.05) is 5.56 Å². The van der Waals surface area contributed by atoms with Crippen LogP contribution in [0.1, 0.15) is 10.4 Å². The van der Waals surface area contributed by atoms with Crippen molar-refractivity contribution in [2.24, 2.45) is 0 Å². The molecule has 0 bridgehead atoms. The van der Waals surface area contributed by atoms with E-state index in [1.807, 2.05) is 0 Å². The Morgan fingerprint density at radius 1 is 1.20 bits per heavy atom. The highest BCUT2D eigenvalue weighted by Crippen LogP contribution is 2.34. The Labute approximate surface area is 114 Å². The zero-order valence-electron chi connectivity index (χ0n) is 10.4. The molecule has 1 aromatic rings. The van der Waals surface area contributed by atoms with Gasteiger partial charge in [-0.1, -0.05) is 30.3 Å². The summed E-state index contributed by atoms with van der Waals surface area (Å²) in [6.07, 6.45) is -7.40. The van der Waals surface area contributed by atoms with Crippen molar-refractivity contribution in [3.8, 4) is 0 Å². The first-order chi connectivity index (χ1) is 9.41. The standard InChI is InChI=1S/C13H15FO6/c14-13(11(18)7-4-2-1-3-5-7)12(19)10(17)9(16)8(6-15)20-13/h1-5,8-10,12,15-17,19H,6H2/t8-,9+,10+,12-,13?/m1/s1. The number of ether oxygens (including phenoxy) is 1. The summed E-state index contributed by atoms with van der Waals surface area (Å²) in [5.41, 5.74) is -0.0608.